The molecule has 0 bridgehead atoms. The van der Waals surface area contributed by atoms with Gasteiger partial charge in [-0.25, -0.2) is 9.98 Å². The second kappa shape index (κ2) is 8.58. The standard InChI is InChI=1S/C16H24N4OS/c1-4-6-9-20(3)16(17-5-2)18-11-13-12-21-15(19-13)14-8-7-10-22-14/h7-8,10,12H,4-6,9,11H2,1-3H3,(H,17,18). The van der Waals surface area contributed by atoms with Gasteiger partial charge in [-0.3, -0.25) is 0 Å². The number of aromatic nitrogens is 1. The number of oxazole rings is 1. The zero-order chi connectivity index (χ0) is 15.8. The topological polar surface area (TPSA) is 53.7 Å². The number of nitrogens with one attached hydrogen (secondary N) is 1. The van der Waals surface area contributed by atoms with Gasteiger partial charge in [0.1, 0.15) is 12.0 Å². The lowest BCUT2D eigenvalue weighted by Crippen LogP contribution is -2.39. The third kappa shape index (κ3) is 4.59. The van der Waals surface area contributed by atoms with Crippen molar-refractivity contribution >= 4 is 17.3 Å². The summed E-state index contributed by atoms with van der Waals surface area (Å²) < 4.78 is 5.52. The molecule has 0 aliphatic carbocycles. The molecule has 0 spiro atoms. The molecule has 2 rings (SSSR count). The maximum Gasteiger partial charge on any atom is 0.236 e. The Morgan fingerprint density at radius 1 is 1.45 bits per heavy atom. The fourth-order valence-corrected chi connectivity index (χ4v) is 2.68. The normalized spacial score (nSPS) is 11.7. The molecule has 5 nitrogen and oxygen atoms in total. The third-order valence-corrected chi connectivity index (χ3v) is 4.08. The zero-order valence-electron chi connectivity index (χ0n) is 13.5. The van der Waals surface area contributed by atoms with E-state index < -0.39 is 0 Å². The highest BCUT2D eigenvalue weighted by Gasteiger charge is 2.09. The Morgan fingerprint density at radius 3 is 3.00 bits per heavy atom. The predicted molar refractivity (Wildman–Crippen MR) is 92.2 cm³/mol. The van der Waals surface area contributed by atoms with Gasteiger partial charge in [0.15, 0.2) is 5.96 Å². The Kier molecular flexibility index (Phi) is 6.45. The van der Waals surface area contributed by atoms with Gasteiger partial charge >= 0.3 is 0 Å². The van der Waals surface area contributed by atoms with Crippen molar-refractivity contribution in [3.63, 3.8) is 0 Å². The first-order valence-electron chi connectivity index (χ1n) is 7.72. The van der Waals surface area contributed by atoms with Crippen LogP contribution in [0, 0.1) is 0 Å². The molecular formula is C16H24N4OS. The Balaban J connectivity index is 2.00. The lowest BCUT2D eigenvalue weighted by atomic mass is 10.3. The predicted octanol–water partition coefficient (Wildman–Crippen LogP) is 3.60. The summed E-state index contributed by atoms with van der Waals surface area (Å²) in [6, 6.07) is 4.00. The van der Waals surface area contributed by atoms with Crippen molar-refractivity contribution in [2.24, 2.45) is 4.99 Å². The molecule has 2 heterocycles. The molecule has 0 amide bonds. The number of nitrogens with zero attached hydrogens (tertiary/aromatic N) is 3. The van der Waals surface area contributed by atoms with E-state index in [2.05, 4.69) is 41.1 Å². The molecular weight excluding hydrogens is 296 g/mol. The average Bonchev–Trinajstić information content (AvgIpc) is 3.19. The average molecular weight is 320 g/mol. The molecule has 1 N–H and O–H groups in total. The minimum absolute atomic E-state index is 0.522. The lowest BCUT2D eigenvalue weighted by Gasteiger charge is -2.21. The zero-order valence-corrected chi connectivity index (χ0v) is 14.3. The molecule has 0 atom stereocenters. The Hall–Kier alpha value is -1.82. The smallest absolute Gasteiger partial charge is 0.236 e. The van der Waals surface area contributed by atoms with Crippen LogP contribution in [0.5, 0.6) is 0 Å². The first-order valence-corrected chi connectivity index (χ1v) is 8.60. The number of hydrogen-bond donors (Lipinski definition) is 1. The molecule has 0 saturated carbocycles. The number of hydrogen-bond acceptors (Lipinski definition) is 4. The monoisotopic (exact) mass is 320 g/mol. The summed E-state index contributed by atoms with van der Waals surface area (Å²) in [7, 11) is 2.07. The van der Waals surface area contributed by atoms with Crippen molar-refractivity contribution in [1.29, 1.82) is 0 Å². The van der Waals surface area contributed by atoms with Gasteiger partial charge in [-0.1, -0.05) is 19.4 Å². The van der Waals surface area contributed by atoms with Gasteiger partial charge in [-0.15, -0.1) is 11.3 Å². The van der Waals surface area contributed by atoms with Crippen molar-refractivity contribution < 1.29 is 4.42 Å². The van der Waals surface area contributed by atoms with Gasteiger partial charge in [0, 0.05) is 20.1 Å². The van der Waals surface area contributed by atoms with Gasteiger partial charge in [0.05, 0.1) is 11.4 Å². The summed E-state index contributed by atoms with van der Waals surface area (Å²) in [4.78, 5) is 12.3. The van der Waals surface area contributed by atoms with Gasteiger partial charge in [-0.05, 0) is 24.8 Å². The Morgan fingerprint density at radius 2 is 2.32 bits per heavy atom. The molecule has 0 aromatic carbocycles. The number of rotatable bonds is 7. The van der Waals surface area contributed by atoms with E-state index in [1.807, 2.05) is 17.5 Å². The van der Waals surface area contributed by atoms with E-state index in [0.717, 1.165) is 36.0 Å². The number of thiophene rings is 1. The molecule has 22 heavy (non-hydrogen) atoms. The maximum atomic E-state index is 5.52. The van der Waals surface area contributed by atoms with E-state index in [-0.39, 0.29) is 0 Å². The van der Waals surface area contributed by atoms with E-state index >= 15 is 0 Å². The van der Waals surface area contributed by atoms with Crippen LogP contribution in [0.1, 0.15) is 32.4 Å². The minimum atomic E-state index is 0.522. The number of aliphatic imine (C=N–C) groups is 1. The summed E-state index contributed by atoms with van der Waals surface area (Å²) in [6.07, 6.45) is 4.03. The number of unbranched alkanes of at least 4 members (excludes halogenated alkanes) is 1. The summed E-state index contributed by atoms with van der Waals surface area (Å²) in [5.74, 6) is 1.58. The fraction of sp³-hybridized carbons (Fsp3) is 0.500. The highest BCUT2D eigenvalue weighted by atomic mass is 32.1. The molecule has 2 aromatic rings. The quantitative estimate of drug-likeness (QED) is 0.625. The SMILES string of the molecule is CCCCN(C)C(=NCc1coc(-c2cccs2)n1)NCC. The van der Waals surface area contributed by atoms with Gasteiger partial charge in [0.2, 0.25) is 5.89 Å². The van der Waals surface area contributed by atoms with Crippen LogP contribution >= 0.6 is 11.3 Å². The summed E-state index contributed by atoms with van der Waals surface area (Å²) in [5.41, 5.74) is 0.850. The van der Waals surface area contributed by atoms with Crippen molar-refractivity contribution in [3.05, 3.63) is 29.5 Å². The molecule has 2 aromatic heterocycles. The fourth-order valence-electron chi connectivity index (χ4n) is 2.02. The summed E-state index contributed by atoms with van der Waals surface area (Å²) in [5, 5.41) is 5.33. The first kappa shape index (κ1) is 16.5. The van der Waals surface area contributed by atoms with Crippen molar-refractivity contribution in [2.45, 2.75) is 33.2 Å². The van der Waals surface area contributed by atoms with Gasteiger partial charge in [-0.2, -0.15) is 0 Å². The lowest BCUT2D eigenvalue weighted by molar-refractivity contribution is 0.464. The maximum absolute atomic E-state index is 5.52. The molecule has 120 valence electrons. The van der Waals surface area contributed by atoms with Crippen LogP contribution in [0.3, 0.4) is 0 Å². The molecule has 0 aliphatic rings. The largest absolute Gasteiger partial charge is 0.443 e. The number of guanidine groups is 1. The van der Waals surface area contributed by atoms with Crippen LogP contribution in [-0.4, -0.2) is 36.0 Å². The van der Waals surface area contributed by atoms with E-state index in [0.29, 0.717) is 12.4 Å². The van der Waals surface area contributed by atoms with Crippen LogP contribution in [0.4, 0.5) is 0 Å². The van der Waals surface area contributed by atoms with Crippen molar-refractivity contribution in [2.75, 3.05) is 20.1 Å². The second-order valence-electron chi connectivity index (χ2n) is 5.07. The van der Waals surface area contributed by atoms with E-state index in [9.17, 15) is 0 Å². The molecule has 0 fully saturated rings. The van der Waals surface area contributed by atoms with Crippen LogP contribution in [-0.2, 0) is 6.54 Å². The van der Waals surface area contributed by atoms with E-state index in [1.165, 1.54) is 6.42 Å². The summed E-state index contributed by atoms with van der Waals surface area (Å²) >= 11 is 1.62. The van der Waals surface area contributed by atoms with Crippen LogP contribution in [0.25, 0.3) is 10.8 Å². The Labute approximate surface area is 136 Å². The highest BCUT2D eigenvalue weighted by Crippen LogP contribution is 2.23. The van der Waals surface area contributed by atoms with Crippen LogP contribution in [0.15, 0.2) is 33.2 Å². The van der Waals surface area contributed by atoms with Gasteiger partial charge < -0.3 is 14.6 Å². The van der Waals surface area contributed by atoms with Gasteiger partial charge in [0.25, 0.3) is 0 Å². The second-order valence-corrected chi connectivity index (χ2v) is 6.01. The van der Waals surface area contributed by atoms with E-state index in [1.54, 1.807) is 17.6 Å². The highest BCUT2D eigenvalue weighted by molar-refractivity contribution is 7.13. The van der Waals surface area contributed by atoms with E-state index in [4.69, 9.17) is 4.42 Å². The molecule has 0 unspecified atom stereocenters. The molecule has 6 heteroatoms. The first-order chi connectivity index (χ1) is 10.7. The Bertz CT molecular complexity index is 577. The van der Waals surface area contributed by atoms with Crippen molar-refractivity contribution in [3.8, 4) is 10.8 Å². The van der Waals surface area contributed by atoms with Crippen molar-refractivity contribution in [1.82, 2.24) is 15.2 Å². The third-order valence-electron chi connectivity index (χ3n) is 3.22. The molecule has 0 saturated heterocycles. The summed E-state index contributed by atoms with van der Waals surface area (Å²) in [6.45, 7) is 6.65. The molecule has 0 radical (unpaired) electrons. The minimum Gasteiger partial charge on any atom is -0.443 e. The van der Waals surface area contributed by atoms with Crippen LogP contribution in [0.2, 0.25) is 0 Å². The van der Waals surface area contributed by atoms with Crippen LogP contribution < -0.4 is 5.32 Å². The molecule has 0 aliphatic heterocycles.